The fourth-order valence-corrected chi connectivity index (χ4v) is 1.08. The highest BCUT2D eigenvalue weighted by molar-refractivity contribution is 7.80. The number of benzene rings is 1. The van der Waals surface area contributed by atoms with E-state index < -0.39 is 0 Å². The lowest BCUT2D eigenvalue weighted by molar-refractivity contribution is -0.114. The fraction of sp³-hybridized carbons (Fsp3) is 0.100. The average Bonchev–Trinajstić information content (AvgIpc) is 2.19. The number of anilines is 1. The first-order valence-corrected chi connectivity index (χ1v) is 4.95. The fourth-order valence-electron chi connectivity index (χ4n) is 1.03. The Labute approximate surface area is 116 Å². The third-order valence-electron chi connectivity index (χ3n) is 1.62. The van der Waals surface area contributed by atoms with Crippen molar-refractivity contribution in [1.29, 1.82) is 0 Å². The molecule has 0 aromatic heterocycles. The minimum Gasteiger partial charge on any atom is -0.375 e. The van der Waals surface area contributed by atoms with Gasteiger partial charge < -0.3 is 11.1 Å². The van der Waals surface area contributed by atoms with Crippen LogP contribution in [-0.2, 0) is 4.79 Å². The van der Waals surface area contributed by atoms with Gasteiger partial charge in [-0.3, -0.25) is 10.2 Å². The van der Waals surface area contributed by atoms with Gasteiger partial charge in [-0.15, -0.1) is 0 Å². The molecule has 0 aliphatic carbocycles. The van der Waals surface area contributed by atoms with E-state index >= 15 is 0 Å². The molecule has 1 aromatic rings. The minimum atomic E-state index is -0.100. The minimum absolute atomic E-state index is 0. The predicted molar refractivity (Wildman–Crippen MR) is 78.2 cm³/mol. The second kappa shape index (κ2) is 7.79. The number of nitrogens with zero attached hydrogens (tertiary/aromatic N) is 1. The summed E-state index contributed by atoms with van der Waals surface area (Å²) in [5, 5.41) is 6.59. The second-order valence-electron chi connectivity index (χ2n) is 3.04. The molecule has 1 aromatic carbocycles. The van der Waals surface area contributed by atoms with E-state index in [9.17, 15) is 4.79 Å². The summed E-state index contributed by atoms with van der Waals surface area (Å²) in [5.41, 5.74) is 9.26. The molecule has 5 nitrogen and oxygen atoms in total. The molecule has 0 heterocycles. The van der Waals surface area contributed by atoms with Crippen molar-refractivity contribution in [3.8, 4) is 0 Å². The second-order valence-corrected chi connectivity index (χ2v) is 3.48. The molecular weight excluding hydrogens is 251 g/mol. The van der Waals surface area contributed by atoms with Crippen LogP contribution in [0.4, 0.5) is 5.69 Å². The van der Waals surface area contributed by atoms with Gasteiger partial charge in [-0.1, -0.05) is 12.1 Å². The molecule has 0 bridgehead atoms. The predicted octanol–water partition coefficient (Wildman–Crippen LogP) is -0.372. The molecule has 0 saturated carbocycles. The molecule has 0 fully saturated rings. The molecule has 0 aliphatic heterocycles. The Hall–Kier alpha value is -1.42. The number of nitrogens with one attached hydrogen (secondary N) is 2. The number of rotatable bonds is 3. The van der Waals surface area contributed by atoms with Crippen LogP contribution in [0.2, 0.25) is 0 Å². The highest BCUT2D eigenvalue weighted by Gasteiger charge is 1.94. The molecule has 4 N–H and O–H groups in total. The van der Waals surface area contributed by atoms with Crippen molar-refractivity contribution in [2.75, 3.05) is 5.32 Å². The van der Waals surface area contributed by atoms with Gasteiger partial charge in [0.2, 0.25) is 5.91 Å². The molecule has 0 atom stereocenters. The molecule has 0 spiro atoms. The first-order valence-electron chi connectivity index (χ1n) is 4.54. The Morgan fingerprint density at radius 1 is 1.41 bits per heavy atom. The monoisotopic (exact) mass is 266 g/mol. The molecule has 0 unspecified atom stereocenters. The summed E-state index contributed by atoms with van der Waals surface area (Å²) in [5.74, 6) is -0.100. The summed E-state index contributed by atoms with van der Waals surface area (Å²) in [6, 6.07) is 7.19. The van der Waals surface area contributed by atoms with Crippen molar-refractivity contribution in [3.63, 3.8) is 0 Å². The van der Waals surface area contributed by atoms with Crippen LogP contribution in [0.1, 0.15) is 12.5 Å². The van der Waals surface area contributed by atoms with Crippen LogP contribution in [0.5, 0.6) is 0 Å². The van der Waals surface area contributed by atoms with Gasteiger partial charge in [-0.2, -0.15) is 5.10 Å². The van der Waals surface area contributed by atoms with Crippen LogP contribution in [0.15, 0.2) is 29.4 Å². The van der Waals surface area contributed by atoms with E-state index in [1.807, 2.05) is 12.1 Å². The van der Waals surface area contributed by atoms with Gasteiger partial charge in [-0.05, 0) is 29.9 Å². The summed E-state index contributed by atoms with van der Waals surface area (Å²) in [6.07, 6.45) is 1.58. The number of thiocarbonyl (C=S) groups is 1. The summed E-state index contributed by atoms with van der Waals surface area (Å²) in [7, 11) is 0. The van der Waals surface area contributed by atoms with Crippen molar-refractivity contribution in [3.05, 3.63) is 29.8 Å². The van der Waals surface area contributed by atoms with Gasteiger partial charge in [0.25, 0.3) is 0 Å². The van der Waals surface area contributed by atoms with Crippen molar-refractivity contribution in [1.82, 2.24) is 5.43 Å². The third kappa shape index (κ3) is 6.69. The van der Waals surface area contributed by atoms with Crippen LogP contribution in [0.25, 0.3) is 0 Å². The molecule has 1 rings (SSSR count). The maximum atomic E-state index is 10.8. The Kier molecular flexibility index (Phi) is 7.14. The van der Waals surface area contributed by atoms with E-state index in [-0.39, 0.29) is 28.4 Å². The van der Waals surface area contributed by atoms with Gasteiger partial charge in [0.1, 0.15) is 0 Å². The molecule has 1 amide bonds. The van der Waals surface area contributed by atoms with E-state index in [2.05, 4.69) is 28.1 Å². The van der Waals surface area contributed by atoms with E-state index in [0.29, 0.717) is 0 Å². The topological polar surface area (TPSA) is 79.5 Å². The first kappa shape index (κ1) is 15.6. The number of hydrazone groups is 1. The van der Waals surface area contributed by atoms with Crippen LogP contribution in [0, 0.1) is 0 Å². The molecule has 0 radical (unpaired) electrons. The lowest BCUT2D eigenvalue weighted by atomic mass is 10.2. The summed E-state index contributed by atoms with van der Waals surface area (Å²) >= 11 is 4.58. The van der Waals surface area contributed by atoms with Crippen molar-refractivity contribution in [2.45, 2.75) is 6.92 Å². The van der Waals surface area contributed by atoms with E-state index in [1.54, 1.807) is 18.3 Å². The van der Waals surface area contributed by atoms with E-state index in [0.717, 1.165) is 11.3 Å². The van der Waals surface area contributed by atoms with Crippen LogP contribution in [-0.4, -0.2) is 34.6 Å². The van der Waals surface area contributed by atoms with E-state index in [4.69, 9.17) is 5.73 Å². The number of amides is 1. The van der Waals surface area contributed by atoms with Crippen LogP contribution >= 0.6 is 12.2 Å². The quantitative estimate of drug-likeness (QED) is 0.302. The Morgan fingerprint density at radius 2 is 2.00 bits per heavy atom. The molecule has 0 saturated heterocycles. The van der Waals surface area contributed by atoms with Crippen LogP contribution < -0.4 is 16.5 Å². The third-order valence-corrected chi connectivity index (χ3v) is 1.71. The molecule has 17 heavy (non-hydrogen) atoms. The zero-order chi connectivity index (χ0) is 12.0. The standard InChI is InChI=1S/C10H12N4OS.Al.3H/c1-7(15)13-9-4-2-8(3-5-9)6-12-14-10(11)16;;;;/h2-6H,1H3,(H,13,15)(H3,11,14,16);;;;/b12-6+;;;;. The Bertz CT molecular complexity index is 419. The molecule has 7 heteroatoms. The number of carbonyl (C=O) groups is 1. The Morgan fingerprint density at radius 3 is 2.47 bits per heavy atom. The number of carbonyl (C=O) groups excluding carboxylic acids is 1. The zero-order valence-corrected chi connectivity index (χ0v) is 9.54. The van der Waals surface area contributed by atoms with Crippen molar-refractivity contribution >= 4 is 52.5 Å². The summed E-state index contributed by atoms with van der Waals surface area (Å²) in [4.78, 5) is 10.8. The highest BCUT2D eigenvalue weighted by Crippen LogP contribution is 2.07. The average molecular weight is 266 g/mol. The summed E-state index contributed by atoms with van der Waals surface area (Å²) in [6.45, 7) is 1.46. The lowest BCUT2D eigenvalue weighted by Crippen LogP contribution is -2.23. The molecule has 0 aliphatic rings. The smallest absolute Gasteiger partial charge is 0.221 e. The lowest BCUT2D eigenvalue weighted by Gasteiger charge is -2.01. The van der Waals surface area contributed by atoms with Gasteiger partial charge in [0.05, 0.1) is 6.21 Å². The van der Waals surface area contributed by atoms with Gasteiger partial charge >= 0.3 is 0 Å². The van der Waals surface area contributed by atoms with Crippen molar-refractivity contribution in [2.24, 2.45) is 10.8 Å². The van der Waals surface area contributed by atoms with Gasteiger partial charge in [0, 0.05) is 12.6 Å². The van der Waals surface area contributed by atoms with E-state index in [1.165, 1.54) is 6.92 Å². The molecule has 90 valence electrons. The maximum Gasteiger partial charge on any atom is 0.221 e. The van der Waals surface area contributed by atoms with Crippen molar-refractivity contribution < 1.29 is 4.79 Å². The maximum absolute atomic E-state index is 10.8. The number of nitrogens with two attached hydrogens (primary N) is 1. The largest absolute Gasteiger partial charge is 0.375 e. The SMILES string of the molecule is CC(=O)Nc1ccc(/C=N/NC(N)=S)cc1.[AlH3]. The first-order chi connectivity index (χ1) is 7.58. The zero-order valence-electron chi connectivity index (χ0n) is 8.73. The number of hydrogen-bond donors (Lipinski definition) is 3. The molecular formula is C10H15AlN4OS. The van der Waals surface area contributed by atoms with Gasteiger partial charge in [-0.25, -0.2) is 0 Å². The highest BCUT2D eigenvalue weighted by atomic mass is 32.1. The van der Waals surface area contributed by atoms with Crippen LogP contribution in [0.3, 0.4) is 0 Å². The normalized spacial score (nSPS) is 9.47. The van der Waals surface area contributed by atoms with Gasteiger partial charge in [0.15, 0.2) is 22.5 Å². The number of hydrogen-bond acceptors (Lipinski definition) is 3. The summed E-state index contributed by atoms with van der Waals surface area (Å²) < 4.78 is 0. The Balaban J connectivity index is 0.00000256.